The fraction of sp³-hybridized carbons (Fsp3) is 0.474. The molecular formula is C19H24ClFN4O. The Hall–Kier alpha value is -2.08. The summed E-state index contributed by atoms with van der Waals surface area (Å²) in [6, 6.07) is 4.37. The van der Waals surface area contributed by atoms with E-state index < -0.39 is 0 Å². The molecule has 0 atom stereocenters. The molecular weight excluding hydrogens is 355 g/mol. The maximum Gasteiger partial charge on any atom is 0.319 e. The number of hydrogen-bond acceptors (Lipinski definition) is 2. The summed E-state index contributed by atoms with van der Waals surface area (Å²) in [5.41, 5.74) is 3.05. The second-order valence-corrected chi connectivity index (χ2v) is 7.28. The van der Waals surface area contributed by atoms with Crippen molar-refractivity contribution in [3.8, 4) is 0 Å². The van der Waals surface area contributed by atoms with E-state index in [0.717, 1.165) is 29.8 Å². The van der Waals surface area contributed by atoms with Gasteiger partial charge in [-0.3, -0.25) is 4.68 Å². The number of anilines is 1. The predicted molar refractivity (Wildman–Crippen MR) is 101 cm³/mol. The molecule has 26 heavy (non-hydrogen) atoms. The highest BCUT2D eigenvalue weighted by Gasteiger charge is 2.19. The normalized spacial score (nSPS) is 15.1. The number of aromatic nitrogens is 2. The van der Waals surface area contributed by atoms with Crippen LogP contribution in [0.15, 0.2) is 18.2 Å². The molecule has 2 aromatic rings. The van der Waals surface area contributed by atoms with Gasteiger partial charge in [-0.1, -0.05) is 36.9 Å². The number of carbonyl (C=O) groups excluding carboxylic acids is 1. The molecule has 1 fully saturated rings. The Morgan fingerprint density at radius 2 is 2.04 bits per heavy atom. The maximum atomic E-state index is 13.2. The summed E-state index contributed by atoms with van der Waals surface area (Å²) in [6.45, 7) is 4.16. The van der Waals surface area contributed by atoms with E-state index in [1.54, 1.807) is 10.7 Å². The van der Waals surface area contributed by atoms with Crippen LogP contribution in [0.3, 0.4) is 0 Å². The Morgan fingerprint density at radius 3 is 2.73 bits per heavy atom. The summed E-state index contributed by atoms with van der Waals surface area (Å²) in [5, 5.41) is 10.8. The van der Waals surface area contributed by atoms with E-state index in [4.69, 9.17) is 11.6 Å². The first-order valence-electron chi connectivity index (χ1n) is 8.99. The van der Waals surface area contributed by atoms with E-state index in [1.165, 1.54) is 31.4 Å². The molecule has 1 aliphatic carbocycles. The molecule has 0 bridgehead atoms. The lowest BCUT2D eigenvalue weighted by Crippen LogP contribution is -2.39. The number of nitrogens with one attached hydrogen (secondary N) is 2. The quantitative estimate of drug-likeness (QED) is 0.803. The topological polar surface area (TPSA) is 59.0 Å². The van der Waals surface area contributed by atoms with Crippen molar-refractivity contribution in [1.29, 1.82) is 0 Å². The SMILES string of the molecule is Cc1nn(Cc2ccc(F)cc2Cl)c(C)c1NC(=O)NC1CCCCC1. The van der Waals surface area contributed by atoms with E-state index >= 15 is 0 Å². The Bertz CT molecular complexity index is 799. The first-order chi connectivity index (χ1) is 12.4. The molecule has 2 N–H and O–H groups in total. The van der Waals surface area contributed by atoms with Crippen LogP contribution in [0, 0.1) is 19.7 Å². The fourth-order valence-corrected chi connectivity index (χ4v) is 3.65. The van der Waals surface area contributed by atoms with E-state index in [0.29, 0.717) is 17.3 Å². The molecule has 2 amide bonds. The number of aryl methyl sites for hydroxylation is 1. The van der Waals surface area contributed by atoms with Crippen LogP contribution in [0.2, 0.25) is 5.02 Å². The molecule has 7 heteroatoms. The summed E-state index contributed by atoms with van der Waals surface area (Å²) in [5.74, 6) is -0.367. The van der Waals surface area contributed by atoms with Crippen molar-refractivity contribution in [2.75, 3.05) is 5.32 Å². The van der Waals surface area contributed by atoms with Crippen LogP contribution >= 0.6 is 11.6 Å². The van der Waals surface area contributed by atoms with Gasteiger partial charge in [-0.05, 0) is 44.4 Å². The Morgan fingerprint density at radius 1 is 1.31 bits per heavy atom. The van der Waals surface area contributed by atoms with Crippen molar-refractivity contribution in [1.82, 2.24) is 15.1 Å². The zero-order valence-electron chi connectivity index (χ0n) is 15.1. The largest absolute Gasteiger partial charge is 0.335 e. The van der Waals surface area contributed by atoms with Gasteiger partial charge in [0.2, 0.25) is 0 Å². The summed E-state index contributed by atoms with van der Waals surface area (Å²) >= 11 is 6.11. The number of urea groups is 1. The summed E-state index contributed by atoms with van der Waals surface area (Å²) in [7, 11) is 0. The molecule has 0 spiro atoms. The van der Waals surface area contributed by atoms with Gasteiger partial charge < -0.3 is 10.6 Å². The highest BCUT2D eigenvalue weighted by molar-refractivity contribution is 6.31. The minimum atomic E-state index is -0.367. The van der Waals surface area contributed by atoms with Crippen molar-refractivity contribution < 1.29 is 9.18 Å². The molecule has 1 heterocycles. The molecule has 3 rings (SSSR count). The molecule has 140 valence electrons. The number of rotatable bonds is 4. The highest BCUT2D eigenvalue weighted by Crippen LogP contribution is 2.24. The molecule has 1 saturated carbocycles. The van der Waals surface area contributed by atoms with Crippen molar-refractivity contribution in [2.24, 2.45) is 0 Å². The Labute approximate surface area is 157 Å². The van der Waals surface area contributed by atoms with Crippen LogP contribution in [-0.2, 0) is 6.54 Å². The van der Waals surface area contributed by atoms with Crippen LogP contribution < -0.4 is 10.6 Å². The van der Waals surface area contributed by atoms with E-state index in [9.17, 15) is 9.18 Å². The lowest BCUT2D eigenvalue weighted by atomic mass is 9.96. The average molecular weight is 379 g/mol. The lowest BCUT2D eigenvalue weighted by molar-refractivity contribution is 0.244. The van der Waals surface area contributed by atoms with Crippen LogP contribution in [0.25, 0.3) is 0 Å². The van der Waals surface area contributed by atoms with Crippen LogP contribution in [0.4, 0.5) is 14.9 Å². The molecule has 1 aromatic heterocycles. The second-order valence-electron chi connectivity index (χ2n) is 6.87. The summed E-state index contributed by atoms with van der Waals surface area (Å²) in [4.78, 5) is 12.3. The lowest BCUT2D eigenvalue weighted by Gasteiger charge is -2.22. The van der Waals surface area contributed by atoms with Crippen molar-refractivity contribution in [2.45, 2.75) is 58.5 Å². The minimum absolute atomic E-state index is 0.192. The molecule has 5 nitrogen and oxygen atoms in total. The van der Waals surface area contributed by atoms with Gasteiger partial charge in [-0.25, -0.2) is 9.18 Å². The average Bonchev–Trinajstić information content (AvgIpc) is 2.86. The van der Waals surface area contributed by atoms with Crippen molar-refractivity contribution in [3.63, 3.8) is 0 Å². The Kier molecular flexibility index (Phi) is 5.81. The summed E-state index contributed by atoms with van der Waals surface area (Å²) < 4.78 is 15.0. The minimum Gasteiger partial charge on any atom is -0.335 e. The molecule has 0 radical (unpaired) electrons. The molecule has 1 aliphatic rings. The van der Waals surface area contributed by atoms with Crippen LogP contribution in [0.1, 0.15) is 49.1 Å². The van der Waals surface area contributed by atoms with E-state index in [2.05, 4.69) is 15.7 Å². The van der Waals surface area contributed by atoms with Crippen molar-refractivity contribution >= 4 is 23.3 Å². The fourth-order valence-electron chi connectivity index (χ4n) is 3.42. The maximum absolute atomic E-state index is 13.2. The number of nitrogens with zero attached hydrogens (tertiary/aromatic N) is 2. The first kappa shape index (κ1) is 18.7. The third kappa shape index (κ3) is 4.36. The standard InChI is InChI=1S/C19H24ClFN4O/c1-12-18(23-19(26)22-16-6-4-3-5-7-16)13(2)25(24-12)11-14-8-9-15(21)10-17(14)20/h8-10,16H,3-7,11H2,1-2H3,(H2,22,23,26). The number of amides is 2. The second kappa shape index (κ2) is 8.08. The smallest absolute Gasteiger partial charge is 0.319 e. The van der Waals surface area contributed by atoms with Crippen molar-refractivity contribution in [3.05, 3.63) is 46.0 Å². The molecule has 1 aromatic carbocycles. The third-order valence-corrected chi connectivity index (χ3v) is 5.25. The monoisotopic (exact) mass is 378 g/mol. The van der Waals surface area contributed by atoms with Gasteiger partial charge in [0.1, 0.15) is 5.82 Å². The summed E-state index contributed by atoms with van der Waals surface area (Å²) in [6.07, 6.45) is 5.65. The van der Waals surface area contributed by atoms with Gasteiger partial charge in [0.15, 0.2) is 0 Å². The van der Waals surface area contributed by atoms with E-state index in [-0.39, 0.29) is 17.9 Å². The van der Waals surface area contributed by atoms with Gasteiger partial charge in [0, 0.05) is 11.1 Å². The molecule has 0 unspecified atom stereocenters. The van der Waals surface area contributed by atoms with Gasteiger partial charge >= 0.3 is 6.03 Å². The number of halogens is 2. The number of hydrogen-bond donors (Lipinski definition) is 2. The molecule has 0 saturated heterocycles. The predicted octanol–water partition coefficient (Wildman–Crippen LogP) is 4.79. The van der Waals surface area contributed by atoms with E-state index in [1.807, 2.05) is 13.8 Å². The molecule has 0 aliphatic heterocycles. The van der Waals surface area contributed by atoms with Gasteiger partial charge in [-0.15, -0.1) is 0 Å². The number of carbonyl (C=O) groups is 1. The Balaban J connectivity index is 1.70. The highest BCUT2D eigenvalue weighted by atomic mass is 35.5. The van der Waals surface area contributed by atoms with Crippen LogP contribution in [0.5, 0.6) is 0 Å². The van der Waals surface area contributed by atoms with Gasteiger partial charge in [-0.2, -0.15) is 5.10 Å². The van der Waals surface area contributed by atoms with Crippen LogP contribution in [-0.4, -0.2) is 21.9 Å². The van der Waals surface area contributed by atoms with Gasteiger partial charge in [0.05, 0.1) is 23.6 Å². The van der Waals surface area contributed by atoms with Gasteiger partial charge in [0.25, 0.3) is 0 Å². The number of benzene rings is 1. The zero-order valence-corrected chi connectivity index (χ0v) is 15.9. The zero-order chi connectivity index (χ0) is 18.7. The first-order valence-corrected chi connectivity index (χ1v) is 9.37. The third-order valence-electron chi connectivity index (χ3n) is 4.90.